The molecule has 9 heteroatoms. The molecule has 0 aromatic carbocycles. The Morgan fingerprint density at radius 3 is 2.35 bits per heavy atom. The smallest absolute Gasteiger partial charge is 0.321 e. The first-order valence-corrected chi connectivity index (χ1v) is 7.90. The topological polar surface area (TPSA) is 107 Å². The first-order chi connectivity index (χ1) is 9.26. The molecule has 1 heterocycles. The van der Waals surface area contributed by atoms with Crippen molar-refractivity contribution in [2.45, 2.75) is 32.7 Å². The van der Waals surface area contributed by atoms with Crippen molar-refractivity contribution in [3.8, 4) is 0 Å². The minimum absolute atomic E-state index is 0.0636. The van der Waals surface area contributed by atoms with E-state index in [2.05, 4.69) is 5.32 Å². The van der Waals surface area contributed by atoms with Crippen LogP contribution in [0, 0.1) is 0 Å². The Hall–Kier alpha value is -1.19. The van der Waals surface area contributed by atoms with E-state index in [0.717, 1.165) is 17.1 Å². The van der Waals surface area contributed by atoms with E-state index in [1.807, 2.05) is 0 Å². The van der Waals surface area contributed by atoms with Gasteiger partial charge in [0.05, 0.1) is 0 Å². The molecule has 8 nitrogen and oxygen atoms in total. The minimum atomic E-state index is -3.81. The lowest BCUT2D eigenvalue weighted by atomic mass is 10.3. The van der Waals surface area contributed by atoms with E-state index in [4.69, 9.17) is 5.11 Å². The van der Waals surface area contributed by atoms with Gasteiger partial charge in [-0.05, 0) is 19.8 Å². The highest BCUT2D eigenvalue weighted by Gasteiger charge is 2.36. The van der Waals surface area contributed by atoms with Gasteiger partial charge in [0.25, 0.3) is 10.2 Å². The third-order valence-corrected chi connectivity index (χ3v) is 5.29. The first-order valence-electron chi connectivity index (χ1n) is 6.51. The van der Waals surface area contributed by atoms with E-state index in [0.29, 0.717) is 13.1 Å². The average Bonchev–Trinajstić information content (AvgIpc) is 2.87. The van der Waals surface area contributed by atoms with Gasteiger partial charge in [0, 0.05) is 33.1 Å². The van der Waals surface area contributed by atoms with Gasteiger partial charge in [-0.25, -0.2) is 0 Å². The van der Waals surface area contributed by atoms with Crippen molar-refractivity contribution in [2.75, 3.05) is 26.2 Å². The molecular weight excluding hydrogens is 286 g/mol. The van der Waals surface area contributed by atoms with Crippen molar-refractivity contribution >= 4 is 22.1 Å². The second kappa shape index (κ2) is 7.00. The van der Waals surface area contributed by atoms with Crippen LogP contribution in [0.3, 0.4) is 0 Å². The predicted molar refractivity (Wildman–Crippen MR) is 72.2 cm³/mol. The van der Waals surface area contributed by atoms with Gasteiger partial charge in [-0.2, -0.15) is 17.0 Å². The largest absolute Gasteiger partial charge is 0.480 e. The molecule has 116 valence electrons. The minimum Gasteiger partial charge on any atom is -0.480 e. The summed E-state index contributed by atoms with van der Waals surface area (Å²) in [6.45, 7) is 3.48. The zero-order valence-corrected chi connectivity index (χ0v) is 12.5. The van der Waals surface area contributed by atoms with Crippen LogP contribution in [0.1, 0.15) is 26.7 Å². The van der Waals surface area contributed by atoms with Gasteiger partial charge in [-0.1, -0.05) is 0 Å². The fourth-order valence-electron chi connectivity index (χ4n) is 2.04. The third-order valence-electron chi connectivity index (χ3n) is 3.18. The normalized spacial score (nSPS) is 18.1. The molecule has 1 saturated heterocycles. The summed E-state index contributed by atoms with van der Waals surface area (Å²) in [5.74, 6) is -1.50. The highest BCUT2D eigenvalue weighted by molar-refractivity contribution is 7.86. The van der Waals surface area contributed by atoms with E-state index in [1.165, 1.54) is 18.2 Å². The number of aliphatic carboxylic acids is 1. The molecule has 2 N–H and O–H groups in total. The van der Waals surface area contributed by atoms with Gasteiger partial charge >= 0.3 is 5.97 Å². The Labute approximate surface area is 118 Å². The van der Waals surface area contributed by atoms with Crippen LogP contribution in [0.15, 0.2) is 0 Å². The van der Waals surface area contributed by atoms with Crippen LogP contribution in [0.25, 0.3) is 0 Å². The van der Waals surface area contributed by atoms with Crippen LogP contribution in [-0.4, -0.2) is 66.2 Å². The molecule has 0 spiro atoms. The average molecular weight is 307 g/mol. The Kier molecular flexibility index (Phi) is 5.90. The van der Waals surface area contributed by atoms with Gasteiger partial charge in [-0.3, -0.25) is 9.59 Å². The Balaban J connectivity index is 2.85. The molecule has 0 aromatic heterocycles. The molecule has 1 fully saturated rings. The number of nitrogens with zero attached hydrogens (tertiary/aromatic N) is 2. The number of carboxylic acid groups (broad SMARTS) is 1. The van der Waals surface area contributed by atoms with E-state index in [-0.39, 0.29) is 19.0 Å². The summed E-state index contributed by atoms with van der Waals surface area (Å²) < 4.78 is 27.1. The molecule has 0 aliphatic carbocycles. The Bertz CT molecular complexity index is 459. The maximum Gasteiger partial charge on any atom is 0.321 e. The number of carbonyl (C=O) groups excluding carboxylic acids is 1. The molecule has 0 aromatic rings. The second-order valence-corrected chi connectivity index (χ2v) is 6.60. The van der Waals surface area contributed by atoms with Crippen molar-refractivity contribution in [2.24, 2.45) is 0 Å². The highest BCUT2D eigenvalue weighted by atomic mass is 32.2. The molecular formula is C11H21N3O5S. The van der Waals surface area contributed by atoms with Gasteiger partial charge in [0.2, 0.25) is 5.91 Å². The standard InChI is InChI=1S/C11H21N3O5S/c1-9(11(16)17)14(8-5-12-10(2)15)20(18,19)13-6-3-4-7-13/h9H,3-8H2,1-2H3,(H,12,15)(H,16,17). The summed E-state index contributed by atoms with van der Waals surface area (Å²) in [5.41, 5.74) is 0. The molecule has 0 radical (unpaired) electrons. The number of hydrogen-bond acceptors (Lipinski definition) is 4. The van der Waals surface area contributed by atoms with Crippen molar-refractivity contribution in [3.05, 3.63) is 0 Å². The second-order valence-electron chi connectivity index (χ2n) is 4.72. The number of rotatable bonds is 7. The third kappa shape index (κ3) is 4.15. The van der Waals surface area contributed by atoms with Crippen LogP contribution in [0.5, 0.6) is 0 Å². The van der Waals surface area contributed by atoms with E-state index in [1.54, 1.807) is 0 Å². The molecule has 1 unspecified atom stereocenters. The SMILES string of the molecule is CC(=O)NCCN(C(C)C(=O)O)S(=O)(=O)N1CCCC1. The summed E-state index contributed by atoms with van der Waals surface area (Å²) in [7, 11) is -3.81. The Morgan fingerprint density at radius 1 is 1.35 bits per heavy atom. The highest BCUT2D eigenvalue weighted by Crippen LogP contribution is 2.18. The number of carbonyl (C=O) groups is 2. The van der Waals surface area contributed by atoms with Crippen molar-refractivity contribution in [3.63, 3.8) is 0 Å². The van der Waals surface area contributed by atoms with Gasteiger partial charge in [0.15, 0.2) is 0 Å². The van der Waals surface area contributed by atoms with Crippen LogP contribution < -0.4 is 5.32 Å². The van der Waals surface area contributed by atoms with E-state index in [9.17, 15) is 18.0 Å². The fourth-order valence-corrected chi connectivity index (χ4v) is 3.87. The zero-order chi connectivity index (χ0) is 15.3. The molecule has 1 amide bonds. The van der Waals surface area contributed by atoms with Crippen LogP contribution >= 0.6 is 0 Å². The van der Waals surface area contributed by atoms with Gasteiger partial charge in [0.1, 0.15) is 6.04 Å². The van der Waals surface area contributed by atoms with Crippen LogP contribution in [0.2, 0.25) is 0 Å². The molecule has 1 atom stereocenters. The lowest BCUT2D eigenvalue weighted by Gasteiger charge is -2.29. The van der Waals surface area contributed by atoms with Crippen molar-refractivity contribution in [1.29, 1.82) is 0 Å². The number of amides is 1. The molecule has 20 heavy (non-hydrogen) atoms. The van der Waals surface area contributed by atoms with Gasteiger partial charge in [-0.15, -0.1) is 0 Å². The Morgan fingerprint density at radius 2 is 1.90 bits per heavy atom. The van der Waals surface area contributed by atoms with Crippen LogP contribution in [-0.2, 0) is 19.8 Å². The zero-order valence-electron chi connectivity index (χ0n) is 11.7. The molecule has 0 bridgehead atoms. The maximum atomic E-state index is 12.4. The first kappa shape index (κ1) is 16.9. The number of nitrogens with one attached hydrogen (secondary N) is 1. The summed E-state index contributed by atoms with van der Waals surface area (Å²) in [6, 6.07) is -1.17. The summed E-state index contributed by atoms with van der Waals surface area (Å²) in [6.07, 6.45) is 1.56. The molecule has 1 aliphatic rings. The van der Waals surface area contributed by atoms with Gasteiger partial charge < -0.3 is 10.4 Å². The summed E-state index contributed by atoms with van der Waals surface area (Å²) >= 11 is 0. The van der Waals surface area contributed by atoms with Crippen molar-refractivity contribution in [1.82, 2.24) is 13.9 Å². The molecule has 1 aliphatic heterocycles. The van der Waals surface area contributed by atoms with E-state index < -0.39 is 22.2 Å². The molecule has 0 saturated carbocycles. The number of carboxylic acids is 1. The monoisotopic (exact) mass is 307 g/mol. The number of hydrogen-bond donors (Lipinski definition) is 2. The van der Waals surface area contributed by atoms with Crippen molar-refractivity contribution < 1.29 is 23.1 Å². The summed E-state index contributed by atoms with van der Waals surface area (Å²) in [5, 5.41) is 11.5. The summed E-state index contributed by atoms with van der Waals surface area (Å²) in [4.78, 5) is 21.9. The quantitative estimate of drug-likeness (QED) is 0.643. The molecule has 1 rings (SSSR count). The van der Waals surface area contributed by atoms with E-state index >= 15 is 0 Å². The lowest BCUT2D eigenvalue weighted by molar-refractivity contribution is -0.140. The predicted octanol–water partition coefficient (Wildman–Crippen LogP) is -0.762. The lowest BCUT2D eigenvalue weighted by Crippen LogP contribution is -2.51. The fraction of sp³-hybridized carbons (Fsp3) is 0.818. The maximum absolute atomic E-state index is 12.4. The van der Waals surface area contributed by atoms with Crippen LogP contribution in [0.4, 0.5) is 0 Å².